The van der Waals surface area contributed by atoms with E-state index in [1.807, 2.05) is 0 Å². The Morgan fingerprint density at radius 1 is 1.21 bits per heavy atom. The maximum Gasteiger partial charge on any atom is 0.340 e. The van der Waals surface area contributed by atoms with Gasteiger partial charge in [-0.25, -0.2) is 24.2 Å². The minimum atomic E-state index is -0.972. The third-order valence-corrected chi connectivity index (χ3v) is 3.65. The second kappa shape index (κ2) is 7.06. The highest BCUT2D eigenvalue weighted by Crippen LogP contribution is 2.28. The lowest BCUT2D eigenvalue weighted by Gasteiger charge is -2.18. The molecule has 0 radical (unpaired) electrons. The van der Waals surface area contributed by atoms with Crippen molar-refractivity contribution in [2.24, 2.45) is 0 Å². The van der Waals surface area contributed by atoms with Gasteiger partial charge in [0.15, 0.2) is 0 Å². The average molecular weight is 374 g/mol. The van der Waals surface area contributed by atoms with Crippen molar-refractivity contribution in [1.82, 2.24) is 10.2 Å². The number of imide groups is 2. The molecule has 0 spiro atoms. The Labute approximate surface area is 147 Å². The Bertz CT molecular complexity index is 704. The van der Waals surface area contributed by atoms with Crippen LogP contribution in [-0.2, 0) is 14.3 Å². The monoisotopic (exact) mass is 373 g/mol. The van der Waals surface area contributed by atoms with Crippen LogP contribution in [0.2, 0.25) is 10.0 Å². The first-order valence-electron chi connectivity index (χ1n) is 6.73. The molecule has 5 amide bonds. The first kappa shape index (κ1) is 18.0. The van der Waals surface area contributed by atoms with Gasteiger partial charge in [0.1, 0.15) is 12.6 Å². The van der Waals surface area contributed by atoms with Gasteiger partial charge in [-0.05, 0) is 25.1 Å². The second-order valence-corrected chi connectivity index (χ2v) is 5.79. The van der Waals surface area contributed by atoms with Crippen molar-refractivity contribution in [3.63, 3.8) is 0 Å². The first-order chi connectivity index (χ1) is 11.2. The molecule has 1 aromatic rings. The number of ether oxygens (including phenoxy) is 1. The molecule has 1 saturated heterocycles. The van der Waals surface area contributed by atoms with Gasteiger partial charge in [0.05, 0.1) is 12.8 Å². The molecule has 0 aromatic heterocycles. The van der Waals surface area contributed by atoms with E-state index in [0.717, 1.165) is 4.90 Å². The highest BCUT2D eigenvalue weighted by Gasteiger charge is 2.41. The molecule has 128 valence electrons. The topological polar surface area (TPSA) is 96.0 Å². The SMILES string of the molecule is COC(=O)[C@H](C)NC(=O)N1CC(=O)N(c2cc(Cl)cc(Cl)c2)C1=O. The van der Waals surface area contributed by atoms with E-state index in [4.69, 9.17) is 23.2 Å². The fraction of sp³-hybridized carbons (Fsp3) is 0.286. The van der Waals surface area contributed by atoms with Gasteiger partial charge in [-0.1, -0.05) is 23.2 Å². The Morgan fingerprint density at radius 2 is 1.79 bits per heavy atom. The number of hydrogen-bond acceptors (Lipinski definition) is 5. The number of nitrogens with zero attached hydrogens (tertiary/aromatic N) is 2. The molecule has 8 nitrogen and oxygen atoms in total. The normalized spacial score (nSPS) is 15.5. The number of rotatable bonds is 3. The van der Waals surface area contributed by atoms with Crippen LogP contribution in [0.5, 0.6) is 0 Å². The molecule has 1 aliphatic heterocycles. The third kappa shape index (κ3) is 3.60. The number of anilines is 1. The molecular formula is C14H13Cl2N3O5. The predicted molar refractivity (Wildman–Crippen MR) is 86.1 cm³/mol. The number of carbonyl (C=O) groups excluding carboxylic acids is 4. The van der Waals surface area contributed by atoms with E-state index in [2.05, 4.69) is 10.1 Å². The molecule has 1 N–H and O–H groups in total. The van der Waals surface area contributed by atoms with Crippen LogP contribution < -0.4 is 10.2 Å². The molecule has 1 heterocycles. The number of carbonyl (C=O) groups is 4. The Hall–Kier alpha value is -2.32. The molecule has 1 aliphatic rings. The molecule has 1 aromatic carbocycles. The lowest BCUT2D eigenvalue weighted by atomic mass is 10.3. The average Bonchev–Trinajstić information content (AvgIpc) is 2.80. The highest BCUT2D eigenvalue weighted by atomic mass is 35.5. The van der Waals surface area contributed by atoms with E-state index in [1.54, 1.807) is 0 Å². The molecule has 2 rings (SSSR count). The maximum absolute atomic E-state index is 12.4. The van der Waals surface area contributed by atoms with Gasteiger partial charge in [0.2, 0.25) is 0 Å². The number of nitrogens with one attached hydrogen (secondary N) is 1. The van der Waals surface area contributed by atoms with Crippen molar-refractivity contribution in [3.8, 4) is 0 Å². The van der Waals surface area contributed by atoms with Crippen molar-refractivity contribution in [3.05, 3.63) is 28.2 Å². The number of benzene rings is 1. The maximum atomic E-state index is 12.4. The zero-order chi connectivity index (χ0) is 18.0. The number of esters is 1. The van der Waals surface area contributed by atoms with Gasteiger partial charge in [-0.15, -0.1) is 0 Å². The number of halogens is 2. The van der Waals surface area contributed by atoms with E-state index < -0.39 is 36.5 Å². The van der Waals surface area contributed by atoms with Gasteiger partial charge in [0.25, 0.3) is 5.91 Å². The largest absolute Gasteiger partial charge is 0.467 e. The van der Waals surface area contributed by atoms with Crippen LogP contribution in [0.1, 0.15) is 6.92 Å². The zero-order valence-corrected chi connectivity index (χ0v) is 14.2. The standard InChI is InChI=1S/C14H13Cl2N3O5/c1-7(12(21)24-2)17-13(22)18-6-11(20)19(14(18)23)10-4-8(15)3-9(16)5-10/h3-5,7H,6H2,1-2H3,(H,17,22)/t7-/m0/s1. The molecule has 24 heavy (non-hydrogen) atoms. The fourth-order valence-electron chi connectivity index (χ4n) is 2.08. The lowest BCUT2D eigenvalue weighted by molar-refractivity contribution is -0.142. The summed E-state index contributed by atoms with van der Waals surface area (Å²) in [5.41, 5.74) is 0.152. The Balaban J connectivity index is 2.19. The van der Waals surface area contributed by atoms with Crippen molar-refractivity contribution < 1.29 is 23.9 Å². The van der Waals surface area contributed by atoms with Crippen LogP contribution in [0.25, 0.3) is 0 Å². The third-order valence-electron chi connectivity index (χ3n) is 3.21. The summed E-state index contributed by atoms with van der Waals surface area (Å²) in [5, 5.41) is 2.75. The second-order valence-electron chi connectivity index (χ2n) is 4.92. The van der Waals surface area contributed by atoms with Crippen molar-refractivity contribution in [1.29, 1.82) is 0 Å². The zero-order valence-electron chi connectivity index (χ0n) is 12.7. The molecular weight excluding hydrogens is 361 g/mol. The van der Waals surface area contributed by atoms with Gasteiger partial charge < -0.3 is 10.1 Å². The molecule has 0 saturated carbocycles. The number of amides is 5. The van der Waals surface area contributed by atoms with Crippen LogP contribution in [0.3, 0.4) is 0 Å². The van der Waals surface area contributed by atoms with Crippen LogP contribution in [0.15, 0.2) is 18.2 Å². The van der Waals surface area contributed by atoms with Gasteiger partial charge in [-0.3, -0.25) is 4.79 Å². The minimum absolute atomic E-state index is 0.152. The lowest BCUT2D eigenvalue weighted by Crippen LogP contribution is -2.48. The summed E-state index contributed by atoms with van der Waals surface area (Å²) < 4.78 is 4.48. The summed E-state index contributed by atoms with van der Waals surface area (Å²) >= 11 is 11.7. The van der Waals surface area contributed by atoms with E-state index in [-0.39, 0.29) is 15.7 Å². The van der Waals surface area contributed by atoms with Gasteiger partial charge in [-0.2, -0.15) is 0 Å². The van der Waals surface area contributed by atoms with Crippen LogP contribution in [0.4, 0.5) is 15.3 Å². The van der Waals surface area contributed by atoms with Crippen LogP contribution in [0, 0.1) is 0 Å². The molecule has 0 bridgehead atoms. The summed E-state index contributed by atoms with van der Waals surface area (Å²) in [7, 11) is 1.17. The molecule has 0 aliphatic carbocycles. The molecule has 10 heteroatoms. The highest BCUT2D eigenvalue weighted by molar-refractivity contribution is 6.35. The molecule has 0 unspecified atom stereocenters. The summed E-state index contributed by atoms with van der Waals surface area (Å²) in [6.45, 7) is 0.920. The van der Waals surface area contributed by atoms with Crippen LogP contribution in [-0.4, -0.2) is 48.5 Å². The van der Waals surface area contributed by atoms with Crippen molar-refractivity contribution in [2.45, 2.75) is 13.0 Å². The fourth-order valence-corrected chi connectivity index (χ4v) is 2.60. The van der Waals surface area contributed by atoms with E-state index in [1.165, 1.54) is 32.2 Å². The number of urea groups is 2. The number of methoxy groups -OCH3 is 1. The Morgan fingerprint density at radius 3 is 2.33 bits per heavy atom. The van der Waals surface area contributed by atoms with E-state index in [0.29, 0.717) is 4.90 Å². The summed E-state index contributed by atoms with van der Waals surface area (Å²) in [6, 6.07) is 1.47. The van der Waals surface area contributed by atoms with Crippen molar-refractivity contribution >= 4 is 52.8 Å². The summed E-state index contributed by atoms with van der Waals surface area (Å²) in [5.74, 6) is -1.31. The van der Waals surface area contributed by atoms with Gasteiger partial charge in [0, 0.05) is 10.0 Å². The quantitative estimate of drug-likeness (QED) is 0.645. The van der Waals surface area contributed by atoms with E-state index in [9.17, 15) is 19.2 Å². The summed E-state index contributed by atoms with van der Waals surface area (Å²) in [6.07, 6.45) is 0. The summed E-state index contributed by atoms with van der Waals surface area (Å²) in [4.78, 5) is 49.4. The molecule has 1 fully saturated rings. The predicted octanol–water partition coefficient (Wildman–Crippen LogP) is 2.03. The number of hydrogen-bond donors (Lipinski definition) is 1. The smallest absolute Gasteiger partial charge is 0.340 e. The first-order valence-corrected chi connectivity index (χ1v) is 7.49. The Kier molecular flexibility index (Phi) is 5.30. The van der Waals surface area contributed by atoms with Crippen molar-refractivity contribution in [2.75, 3.05) is 18.6 Å². The van der Waals surface area contributed by atoms with E-state index >= 15 is 0 Å². The van der Waals surface area contributed by atoms with Gasteiger partial charge >= 0.3 is 18.0 Å². The minimum Gasteiger partial charge on any atom is -0.467 e. The van der Waals surface area contributed by atoms with Crippen LogP contribution >= 0.6 is 23.2 Å². The molecule has 1 atom stereocenters.